The van der Waals surface area contributed by atoms with Gasteiger partial charge in [-0.1, -0.05) is 24.3 Å². The fraction of sp³-hybridized carbons (Fsp3) is 0. The molecule has 1 aromatic heterocycles. The van der Waals surface area contributed by atoms with Crippen molar-refractivity contribution in [3.63, 3.8) is 0 Å². The summed E-state index contributed by atoms with van der Waals surface area (Å²) in [5, 5.41) is 13.6. The maximum Gasteiger partial charge on any atom is 0.276 e. The van der Waals surface area contributed by atoms with E-state index in [4.69, 9.17) is 4.74 Å². The number of nitrogens with zero attached hydrogens (tertiary/aromatic N) is 2. The minimum absolute atomic E-state index is 0.322. The van der Waals surface area contributed by atoms with Crippen molar-refractivity contribution in [3.05, 3.63) is 78.4 Å². The number of rotatable bonds is 5. The quantitative estimate of drug-likeness (QED) is 0.764. The van der Waals surface area contributed by atoms with Crippen molar-refractivity contribution in [2.75, 3.05) is 5.32 Å². The molecule has 7 heteroatoms. The predicted molar refractivity (Wildman–Crippen MR) is 87.3 cm³/mol. The normalized spacial score (nSPS) is 10.1. The molecule has 1 heterocycles. The summed E-state index contributed by atoms with van der Waals surface area (Å²) in [6.07, 6.45) is 2.41. The van der Waals surface area contributed by atoms with E-state index >= 15 is 0 Å². The average Bonchev–Trinajstić information content (AvgIpc) is 2.63. The van der Waals surface area contributed by atoms with Crippen molar-refractivity contribution in [1.29, 1.82) is 0 Å². The Hall–Kier alpha value is -3.74. The molecule has 0 bridgehead atoms. The smallest absolute Gasteiger partial charge is 0.276 e. The number of aromatic nitrogens is 2. The van der Waals surface area contributed by atoms with Gasteiger partial charge >= 0.3 is 0 Å². The number of anilines is 1. The van der Waals surface area contributed by atoms with E-state index in [9.17, 15) is 14.7 Å². The second-order valence-corrected chi connectivity index (χ2v) is 4.94. The highest BCUT2D eigenvalue weighted by atomic mass is 16.5. The summed E-state index contributed by atoms with van der Waals surface area (Å²) in [6, 6.07) is 15.9. The Morgan fingerprint density at radius 2 is 1.56 bits per heavy atom. The number of hydrogen-bond acceptors (Lipinski definition) is 6. The van der Waals surface area contributed by atoms with Gasteiger partial charge in [-0.3, -0.25) is 9.78 Å². The number of amides is 1. The highest BCUT2D eigenvalue weighted by Gasteiger charge is 2.15. The van der Waals surface area contributed by atoms with E-state index in [0.717, 1.165) is 0 Å². The maximum atomic E-state index is 12.3. The lowest BCUT2D eigenvalue weighted by molar-refractivity contribution is -0.255. The average molecular weight is 334 g/mol. The molecule has 0 atom stereocenters. The predicted octanol–water partition coefficient (Wildman–Crippen LogP) is 1.88. The summed E-state index contributed by atoms with van der Waals surface area (Å²) in [5.41, 5.74) is -0.415. The summed E-state index contributed by atoms with van der Waals surface area (Å²) >= 11 is 0. The third kappa shape index (κ3) is 3.97. The first kappa shape index (κ1) is 16.1. The van der Waals surface area contributed by atoms with Gasteiger partial charge in [-0.05, 0) is 24.3 Å². The molecule has 3 aromatic rings. The van der Waals surface area contributed by atoms with E-state index < -0.39 is 17.6 Å². The van der Waals surface area contributed by atoms with Crippen LogP contribution in [0.5, 0.6) is 11.5 Å². The van der Waals surface area contributed by atoms with Gasteiger partial charge in [-0.2, -0.15) is 0 Å². The van der Waals surface area contributed by atoms with E-state index in [1.165, 1.54) is 12.4 Å². The fourth-order valence-electron chi connectivity index (χ4n) is 2.11. The topological polar surface area (TPSA) is 104 Å². The highest BCUT2D eigenvalue weighted by Crippen LogP contribution is 2.24. The monoisotopic (exact) mass is 334 g/mol. The van der Waals surface area contributed by atoms with E-state index in [2.05, 4.69) is 15.3 Å². The molecule has 0 spiro atoms. The SMILES string of the molecule is O=C([O-])c1nccnc1C(=O)Nc1cccc(Oc2ccccc2)c1. The van der Waals surface area contributed by atoms with Crippen molar-refractivity contribution >= 4 is 17.6 Å². The Bertz CT molecular complexity index is 913. The molecule has 0 aliphatic rings. The molecule has 0 saturated carbocycles. The number of carboxylic acids is 1. The second kappa shape index (κ2) is 7.22. The van der Waals surface area contributed by atoms with Gasteiger partial charge < -0.3 is 20.0 Å². The lowest BCUT2D eigenvalue weighted by Gasteiger charge is -2.10. The number of benzene rings is 2. The third-order valence-corrected chi connectivity index (χ3v) is 3.18. The Balaban J connectivity index is 1.78. The Labute approximate surface area is 142 Å². The molecule has 25 heavy (non-hydrogen) atoms. The van der Waals surface area contributed by atoms with Crippen LogP contribution in [0.25, 0.3) is 0 Å². The van der Waals surface area contributed by atoms with Gasteiger partial charge in [0.15, 0.2) is 5.69 Å². The zero-order chi connectivity index (χ0) is 17.6. The minimum Gasteiger partial charge on any atom is -0.543 e. The largest absolute Gasteiger partial charge is 0.543 e. The van der Waals surface area contributed by atoms with Crippen molar-refractivity contribution < 1.29 is 19.4 Å². The van der Waals surface area contributed by atoms with Crippen molar-refractivity contribution in [2.45, 2.75) is 0 Å². The number of nitrogens with one attached hydrogen (secondary N) is 1. The summed E-state index contributed by atoms with van der Waals surface area (Å²) in [7, 11) is 0. The first-order valence-electron chi connectivity index (χ1n) is 7.30. The van der Waals surface area contributed by atoms with Crippen LogP contribution in [0, 0.1) is 0 Å². The van der Waals surface area contributed by atoms with Crippen molar-refractivity contribution in [2.24, 2.45) is 0 Å². The maximum absolute atomic E-state index is 12.3. The van der Waals surface area contributed by atoms with E-state index in [1.807, 2.05) is 18.2 Å². The molecule has 0 radical (unpaired) electrons. The number of carbonyl (C=O) groups is 2. The molecule has 0 unspecified atom stereocenters. The van der Waals surface area contributed by atoms with Crippen LogP contribution in [0.15, 0.2) is 67.0 Å². The van der Waals surface area contributed by atoms with Gasteiger partial charge in [0.1, 0.15) is 17.2 Å². The number of para-hydroxylation sites is 1. The van der Waals surface area contributed by atoms with Gasteiger partial charge in [-0.25, -0.2) is 4.98 Å². The van der Waals surface area contributed by atoms with Crippen LogP contribution in [0.1, 0.15) is 21.0 Å². The third-order valence-electron chi connectivity index (χ3n) is 3.18. The lowest BCUT2D eigenvalue weighted by atomic mass is 10.2. The molecule has 0 aliphatic carbocycles. The number of aromatic carboxylic acids is 1. The van der Waals surface area contributed by atoms with Crippen LogP contribution < -0.4 is 15.2 Å². The van der Waals surface area contributed by atoms with Crippen molar-refractivity contribution in [1.82, 2.24) is 9.97 Å². The zero-order valence-corrected chi connectivity index (χ0v) is 12.9. The highest BCUT2D eigenvalue weighted by molar-refractivity contribution is 6.08. The lowest BCUT2D eigenvalue weighted by Crippen LogP contribution is -2.28. The Morgan fingerprint density at radius 1 is 0.880 bits per heavy atom. The van der Waals surface area contributed by atoms with Crippen LogP contribution in [0.4, 0.5) is 5.69 Å². The van der Waals surface area contributed by atoms with Crippen LogP contribution >= 0.6 is 0 Å². The molecule has 124 valence electrons. The van der Waals surface area contributed by atoms with E-state index in [-0.39, 0.29) is 5.69 Å². The van der Waals surface area contributed by atoms with E-state index in [0.29, 0.717) is 17.2 Å². The summed E-state index contributed by atoms with van der Waals surface area (Å²) in [5.74, 6) is -1.11. The first-order valence-corrected chi connectivity index (χ1v) is 7.30. The van der Waals surface area contributed by atoms with Gasteiger partial charge in [0.2, 0.25) is 0 Å². The summed E-state index contributed by atoms with van der Waals surface area (Å²) in [4.78, 5) is 30.6. The molecular weight excluding hydrogens is 322 g/mol. The van der Waals surface area contributed by atoms with E-state index in [1.54, 1.807) is 36.4 Å². The molecule has 0 aliphatic heterocycles. The Kier molecular flexibility index (Phi) is 4.66. The van der Waals surface area contributed by atoms with Gasteiger partial charge in [0, 0.05) is 24.1 Å². The molecule has 2 aromatic carbocycles. The molecule has 0 fully saturated rings. The molecule has 7 nitrogen and oxygen atoms in total. The van der Waals surface area contributed by atoms with Crippen molar-refractivity contribution in [3.8, 4) is 11.5 Å². The van der Waals surface area contributed by atoms with Crippen LogP contribution in [-0.4, -0.2) is 21.8 Å². The van der Waals surface area contributed by atoms with Gasteiger partial charge in [0.05, 0.1) is 5.97 Å². The van der Waals surface area contributed by atoms with Crippen LogP contribution in [-0.2, 0) is 0 Å². The number of ether oxygens (including phenoxy) is 1. The molecular formula is C18H12N3O4-. The minimum atomic E-state index is -1.57. The summed E-state index contributed by atoms with van der Waals surface area (Å²) < 4.78 is 5.68. The first-order chi connectivity index (χ1) is 12.1. The summed E-state index contributed by atoms with van der Waals surface area (Å²) in [6.45, 7) is 0. The fourth-order valence-corrected chi connectivity index (χ4v) is 2.11. The second-order valence-electron chi connectivity index (χ2n) is 4.94. The van der Waals surface area contributed by atoms with Crippen LogP contribution in [0.2, 0.25) is 0 Å². The molecule has 0 saturated heterocycles. The molecule has 1 N–H and O–H groups in total. The number of carbonyl (C=O) groups excluding carboxylic acids is 2. The van der Waals surface area contributed by atoms with Gasteiger partial charge in [0.25, 0.3) is 5.91 Å². The molecule has 3 rings (SSSR count). The number of carboxylic acid groups (broad SMARTS) is 1. The number of hydrogen-bond donors (Lipinski definition) is 1. The van der Waals surface area contributed by atoms with Crippen LogP contribution in [0.3, 0.4) is 0 Å². The van der Waals surface area contributed by atoms with Gasteiger partial charge in [-0.15, -0.1) is 0 Å². The Morgan fingerprint density at radius 3 is 2.28 bits per heavy atom. The molecule has 1 amide bonds. The zero-order valence-electron chi connectivity index (χ0n) is 12.9. The standard InChI is InChI=1S/C18H13N3O4/c22-17(15-16(18(23)24)20-10-9-19-15)21-12-5-4-8-14(11-12)25-13-6-2-1-3-7-13/h1-11H,(H,21,22)(H,23,24)/p-1.